The summed E-state index contributed by atoms with van der Waals surface area (Å²) in [5.74, 6) is 0.609. The molecule has 1 N–H and O–H groups in total. The number of hydrogen-bond acceptors (Lipinski definition) is 2. The number of hydrogen-bond donors (Lipinski definition) is 1. The van der Waals surface area contributed by atoms with E-state index in [4.69, 9.17) is 4.74 Å². The molecular formula is C16H17BrFNO. The van der Waals surface area contributed by atoms with E-state index in [1.54, 1.807) is 7.11 Å². The molecule has 0 aliphatic carbocycles. The molecule has 0 fully saturated rings. The Morgan fingerprint density at radius 3 is 2.45 bits per heavy atom. The second-order valence-electron chi connectivity index (χ2n) is 4.55. The van der Waals surface area contributed by atoms with Crippen LogP contribution in [0.4, 0.5) is 4.39 Å². The van der Waals surface area contributed by atoms with Crippen molar-refractivity contribution in [1.29, 1.82) is 0 Å². The van der Waals surface area contributed by atoms with Gasteiger partial charge in [0.2, 0.25) is 0 Å². The van der Waals surface area contributed by atoms with Crippen molar-refractivity contribution in [2.24, 2.45) is 0 Å². The molecular weight excluding hydrogens is 321 g/mol. The molecule has 0 aliphatic heterocycles. The fourth-order valence-electron chi connectivity index (χ4n) is 2.13. The van der Waals surface area contributed by atoms with Gasteiger partial charge in [0.05, 0.1) is 7.11 Å². The van der Waals surface area contributed by atoms with E-state index < -0.39 is 0 Å². The molecule has 2 nitrogen and oxygen atoms in total. The minimum Gasteiger partial charge on any atom is -0.497 e. The van der Waals surface area contributed by atoms with Gasteiger partial charge in [0.25, 0.3) is 0 Å². The molecule has 0 amide bonds. The van der Waals surface area contributed by atoms with E-state index >= 15 is 0 Å². The topological polar surface area (TPSA) is 21.3 Å². The molecule has 0 saturated carbocycles. The standard InChI is InChI=1S/C16H17BrFNO/c1-19-16(11-4-7-14(20-2)8-5-11)9-12-3-6-13(18)10-15(12)17/h3-8,10,16,19H,9H2,1-2H3. The molecule has 0 saturated heterocycles. The third-order valence-electron chi connectivity index (χ3n) is 3.31. The van der Waals surface area contributed by atoms with Gasteiger partial charge in [-0.3, -0.25) is 0 Å². The third-order valence-corrected chi connectivity index (χ3v) is 4.04. The maximum atomic E-state index is 13.1. The summed E-state index contributed by atoms with van der Waals surface area (Å²) in [6, 6.07) is 12.9. The first-order valence-electron chi connectivity index (χ1n) is 6.39. The van der Waals surface area contributed by atoms with Gasteiger partial charge in [-0.05, 0) is 48.9 Å². The minimum atomic E-state index is -0.230. The summed E-state index contributed by atoms with van der Waals surface area (Å²) in [5.41, 5.74) is 2.24. The Morgan fingerprint density at radius 2 is 1.90 bits per heavy atom. The SMILES string of the molecule is CNC(Cc1ccc(F)cc1Br)c1ccc(OC)cc1. The Bertz CT molecular complexity index is 571. The van der Waals surface area contributed by atoms with Crippen LogP contribution < -0.4 is 10.1 Å². The van der Waals surface area contributed by atoms with Crippen LogP contribution in [0.15, 0.2) is 46.9 Å². The first kappa shape index (κ1) is 15.0. The highest BCUT2D eigenvalue weighted by Crippen LogP contribution is 2.25. The zero-order valence-electron chi connectivity index (χ0n) is 11.5. The molecule has 2 aromatic rings. The lowest BCUT2D eigenvalue weighted by molar-refractivity contribution is 0.414. The number of rotatable bonds is 5. The Labute approximate surface area is 127 Å². The number of nitrogens with one attached hydrogen (secondary N) is 1. The number of likely N-dealkylation sites (N-methyl/N-ethyl adjacent to an activating group) is 1. The summed E-state index contributed by atoms with van der Waals surface area (Å²) in [7, 11) is 3.58. The van der Waals surface area contributed by atoms with Crippen molar-refractivity contribution in [3.8, 4) is 5.75 Å². The smallest absolute Gasteiger partial charge is 0.124 e. The maximum Gasteiger partial charge on any atom is 0.124 e. The molecule has 0 aliphatic rings. The van der Waals surface area contributed by atoms with Crippen LogP contribution in [0.2, 0.25) is 0 Å². The molecule has 0 spiro atoms. The quantitative estimate of drug-likeness (QED) is 0.886. The van der Waals surface area contributed by atoms with E-state index in [1.807, 2.05) is 37.4 Å². The lowest BCUT2D eigenvalue weighted by atomic mass is 9.99. The first-order chi connectivity index (χ1) is 9.63. The normalized spacial score (nSPS) is 12.2. The molecule has 0 aromatic heterocycles. The van der Waals surface area contributed by atoms with Gasteiger partial charge in [-0.15, -0.1) is 0 Å². The highest BCUT2D eigenvalue weighted by molar-refractivity contribution is 9.10. The van der Waals surface area contributed by atoms with Crippen LogP contribution in [-0.4, -0.2) is 14.2 Å². The van der Waals surface area contributed by atoms with E-state index in [1.165, 1.54) is 17.7 Å². The highest BCUT2D eigenvalue weighted by atomic mass is 79.9. The van der Waals surface area contributed by atoms with Gasteiger partial charge in [-0.25, -0.2) is 4.39 Å². The Hall–Kier alpha value is -1.39. The molecule has 2 aromatic carbocycles. The maximum absolute atomic E-state index is 13.1. The van der Waals surface area contributed by atoms with Crippen molar-refractivity contribution in [2.45, 2.75) is 12.5 Å². The van der Waals surface area contributed by atoms with Gasteiger partial charge < -0.3 is 10.1 Å². The molecule has 4 heteroatoms. The molecule has 0 radical (unpaired) electrons. The van der Waals surface area contributed by atoms with Crippen LogP contribution in [0.3, 0.4) is 0 Å². The second-order valence-corrected chi connectivity index (χ2v) is 5.41. The average Bonchev–Trinajstić information content (AvgIpc) is 2.47. The van der Waals surface area contributed by atoms with Gasteiger partial charge in [0.1, 0.15) is 11.6 Å². The monoisotopic (exact) mass is 337 g/mol. The molecule has 1 atom stereocenters. The highest BCUT2D eigenvalue weighted by Gasteiger charge is 2.12. The molecule has 0 bridgehead atoms. The van der Waals surface area contributed by atoms with Crippen LogP contribution in [-0.2, 0) is 6.42 Å². The van der Waals surface area contributed by atoms with E-state index in [0.29, 0.717) is 0 Å². The van der Waals surface area contributed by atoms with E-state index in [0.717, 1.165) is 22.2 Å². The van der Waals surface area contributed by atoms with E-state index in [9.17, 15) is 4.39 Å². The second kappa shape index (κ2) is 6.86. The molecule has 106 valence electrons. The number of methoxy groups -OCH3 is 1. The fourth-order valence-corrected chi connectivity index (χ4v) is 2.64. The van der Waals surface area contributed by atoms with Crippen molar-refractivity contribution in [3.05, 3.63) is 63.9 Å². The predicted molar refractivity (Wildman–Crippen MR) is 82.6 cm³/mol. The zero-order chi connectivity index (χ0) is 14.5. The third kappa shape index (κ3) is 3.58. The lowest BCUT2D eigenvalue weighted by Crippen LogP contribution is -2.19. The molecule has 1 unspecified atom stereocenters. The largest absolute Gasteiger partial charge is 0.497 e. The van der Waals surface area contributed by atoms with Gasteiger partial charge in [-0.2, -0.15) is 0 Å². The molecule has 0 heterocycles. The van der Waals surface area contributed by atoms with Crippen molar-refractivity contribution >= 4 is 15.9 Å². The van der Waals surface area contributed by atoms with Crippen LogP contribution in [0.1, 0.15) is 17.2 Å². The molecule has 2 rings (SSSR count). The Kier molecular flexibility index (Phi) is 5.15. The van der Waals surface area contributed by atoms with E-state index in [-0.39, 0.29) is 11.9 Å². The predicted octanol–water partition coefficient (Wildman–Crippen LogP) is 4.10. The van der Waals surface area contributed by atoms with Crippen molar-refractivity contribution in [2.75, 3.05) is 14.2 Å². The molecule has 20 heavy (non-hydrogen) atoms. The van der Waals surface area contributed by atoms with Crippen LogP contribution in [0, 0.1) is 5.82 Å². The van der Waals surface area contributed by atoms with Crippen molar-refractivity contribution in [3.63, 3.8) is 0 Å². The Morgan fingerprint density at radius 1 is 1.20 bits per heavy atom. The number of benzene rings is 2. The van der Waals surface area contributed by atoms with Gasteiger partial charge in [0.15, 0.2) is 0 Å². The summed E-state index contributed by atoms with van der Waals surface area (Å²) in [5, 5.41) is 3.29. The summed E-state index contributed by atoms with van der Waals surface area (Å²) >= 11 is 3.41. The van der Waals surface area contributed by atoms with Gasteiger partial charge >= 0.3 is 0 Å². The summed E-state index contributed by atoms with van der Waals surface area (Å²) < 4.78 is 19.1. The minimum absolute atomic E-state index is 0.169. The number of ether oxygens (including phenoxy) is 1. The first-order valence-corrected chi connectivity index (χ1v) is 7.18. The van der Waals surface area contributed by atoms with Crippen LogP contribution in [0.5, 0.6) is 5.75 Å². The van der Waals surface area contributed by atoms with Crippen molar-refractivity contribution < 1.29 is 9.13 Å². The zero-order valence-corrected chi connectivity index (χ0v) is 13.1. The summed E-state index contributed by atoms with van der Waals surface area (Å²) in [4.78, 5) is 0. The average molecular weight is 338 g/mol. The number of halogens is 2. The fraction of sp³-hybridized carbons (Fsp3) is 0.250. The van der Waals surface area contributed by atoms with Crippen molar-refractivity contribution in [1.82, 2.24) is 5.32 Å². The van der Waals surface area contributed by atoms with Crippen LogP contribution in [0.25, 0.3) is 0 Å². The van der Waals surface area contributed by atoms with Gasteiger partial charge in [-0.1, -0.05) is 34.1 Å². The van der Waals surface area contributed by atoms with Crippen LogP contribution >= 0.6 is 15.9 Å². The van der Waals surface area contributed by atoms with Gasteiger partial charge in [0, 0.05) is 10.5 Å². The summed E-state index contributed by atoms with van der Waals surface area (Å²) in [6.45, 7) is 0. The Balaban J connectivity index is 2.19. The lowest BCUT2D eigenvalue weighted by Gasteiger charge is -2.18. The van der Waals surface area contributed by atoms with E-state index in [2.05, 4.69) is 21.2 Å². The summed E-state index contributed by atoms with van der Waals surface area (Å²) in [6.07, 6.45) is 0.781.